The molecule has 1 unspecified atom stereocenters. The smallest absolute Gasteiger partial charge is 0.141 e. The summed E-state index contributed by atoms with van der Waals surface area (Å²) in [6, 6.07) is 3.22. The lowest BCUT2D eigenvalue weighted by atomic mass is 10.2. The fourth-order valence-corrected chi connectivity index (χ4v) is 1.24. The van der Waals surface area contributed by atoms with Gasteiger partial charge in [0.15, 0.2) is 0 Å². The fraction of sp³-hybridized carbons (Fsp3) is 0.545. The number of nitrogens with zero attached hydrogens (tertiary/aromatic N) is 1. The van der Waals surface area contributed by atoms with Gasteiger partial charge in [-0.3, -0.25) is 4.98 Å². The Kier molecular flexibility index (Phi) is 5.21. The van der Waals surface area contributed by atoms with Gasteiger partial charge in [0.25, 0.3) is 0 Å². The standard InChI is InChI=1S/C11H17FN2O/c1-3-15-7-6-13-9(2)11-5-4-10(12)8-14-11/h4-5,8-9,13H,3,6-7H2,1-2H3. The van der Waals surface area contributed by atoms with Gasteiger partial charge in [-0.1, -0.05) is 0 Å². The molecule has 1 heterocycles. The molecule has 0 aliphatic rings. The van der Waals surface area contributed by atoms with E-state index in [1.807, 2.05) is 13.8 Å². The molecule has 3 nitrogen and oxygen atoms in total. The molecule has 0 saturated heterocycles. The average Bonchev–Trinajstić information content (AvgIpc) is 2.25. The fourth-order valence-electron chi connectivity index (χ4n) is 1.24. The van der Waals surface area contributed by atoms with Crippen molar-refractivity contribution < 1.29 is 9.13 Å². The van der Waals surface area contributed by atoms with E-state index in [2.05, 4.69) is 10.3 Å². The van der Waals surface area contributed by atoms with Crippen LogP contribution in [0, 0.1) is 5.82 Å². The third-order valence-corrected chi connectivity index (χ3v) is 2.09. The van der Waals surface area contributed by atoms with Gasteiger partial charge in [-0.2, -0.15) is 0 Å². The zero-order chi connectivity index (χ0) is 11.1. The molecule has 0 saturated carbocycles. The van der Waals surface area contributed by atoms with Gasteiger partial charge < -0.3 is 10.1 Å². The molecule has 0 spiro atoms. The molecule has 1 N–H and O–H groups in total. The molecule has 4 heteroatoms. The molecule has 0 aliphatic carbocycles. The first-order chi connectivity index (χ1) is 7.24. The average molecular weight is 212 g/mol. The van der Waals surface area contributed by atoms with Crippen molar-refractivity contribution in [2.45, 2.75) is 19.9 Å². The minimum atomic E-state index is -0.305. The second-order valence-electron chi connectivity index (χ2n) is 3.27. The second kappa shape index (κ2) is 6.48. The van der Waals surface area contributed by atoms with E-state index in [0.29, 0.717) is 6.61 Å². The number of hydrogen-bond acceptors (Lipinski definition) is 3. The first-order valence-corrected chi connectivity index (χ1v) is 5.16. The number of hydrogen-bond donors (Lipinski definition) is 1. The van der Waals surface area contributed by atoms with Crippen LogP contribution in [0.3, 0.4) is 0 Å². The molecule has 0 amide bonds. The van der Waals surface area contributed by atoms with Crippen LogP contribution in [0.2, 0.25) is 0 Å². The van der Waals surface area contributed by atoms with Crippen molar-refractivity contribution in [3.05, 3.63) is 29.8 Å². The molecule has 0 bridgehead atoms. The van der Waals surface area contributed by atoms with Gasteiger partial charge in [-0.15, -0.1) is 0 Å². The summed E-state index contributed by atoms with van der Waals surface area (Å²) >= 11 is 0. The van der Waals surface area contributed by atoms with Crippen LogP contribution in [0.15, 0.2) is 18.3 Å². The third-order valence-electron chi connectivity index (χ3n) is 2.09. The maximum absolute atomic E-state index is 12.6. The second-order valence-corrected chi connectivity index (χ2v) is 3.27. The highest BCUT2D eigenvalue weighted by Crippen LogP contribution is 2.08. The summed E-state index contributed by atoms with van der Waals surface area (Å²) < 4.78 is 17.8. The van der Waals surface area contributed by atoms with Crippen LogP contribution in [-0.2, 0) is 4.74 Å². The molecular formula is C11H17FN2O. The topological polar surface area (TPSA) is 34.1 Å². The lowest BCUT2D eigenvalue weighted by Crippen LogP contribution is -2.23. The Labute approximate surface area is 89.7 Å². The maximum Gasteiger partial charge on any atom is 0.141 e. The Morgan fingerprint density at radius 1 is 1.53 bits per heavy atom. The van der Waals surface area contributed by atoms with Crippen molar-refractivity contribution in [1.29, 1.82) is 0 Å². The van der Waals surface area contributed by atoms with Crippen LogP contribution in [0.4, 0.5) is 4.39 Å². The summed E-state index contributed by atoms with van der Waals surface area (Å²) in [5.74, 6) is -0.305. The molecule has 1 aromatic heterocycles. The van der Waals surface area contributed by atoms with E-state index in [0.717, 1.165) is 18.8 Å². The number of nitrogens with one attached hydrogen (secondary N) is 1. The van der Waals surface area contributed by atoms with E-state index in [4.69, 9.17) is 4.74 Å². The van der Waals surface area contributed by atoms with Crippen molar-refractivity contribution in [3.8, 4) is 0 Å². The number of pyridine rings is 1. The quantitative estimate of drug-likeness (QED) is 0.731. The molecule has 84 valence electrons. The number of rotatable bonds is 6. The van der Waals surface area contributed by atoms with Crippen molar-refractivity contribution >= 4 is 0 Å². The van der Waals surface area contributed by atoms with E-state index in [1.165, 1.54) is 12.3 Å². The van der Waals surface area contributed by atoms with Crippen molar-refractivity contribution in [2.24, 2.45) is 0 Å². The van der Waals surface area contributed by atoms with Crippen molar-refractivity contribution in [2.75, 3.05) is 19.8 Å². The molecule has 1 rings (SSSR count). The molecule has 15 heavy (non-hydrogen) atoms. The van der Waals surface area contributed by atoms with E-state index in [1.54, 1.807) is 6.07 Å². The molecule has 0 fully saturated rings. The predicted octanol–water partition coefficient (Wildman–Crippen LogP) is 1.91. The van der Waals surface area contributed by atoms with Gasteiger partial charge in [-0.25, -0.2) is 4.39 Å². The molecule has 1 aromatic rings. The zero-order valence-corrected chi connectivity index (χ0v) is 9.16. The van der Waals surface area contributed by atoms with Crippen molar-refractivity contribution in [3.63, 3.8) is 0 Å². The van der Waals surface area contributed by atoms with Gasteiger partial charge in [0.05, 0.1) is 18.5 Å². The monoisotopic (exact) mass is 212 g/mol. The Morgan fingerprint density at radius 3 is 2.93 bits per heavy atom. The van der Waals surface area contributed by atoms with Gasteiger partial charge in [-0.05, 0) is 26.0 Å². The maximum atomic E-state index is 12.6. The largest absolute Gasteiger partial charge is 0.380 e. The molecule has 0 aromatic carbocycles. The molecule has 0 aliphatic heterocycles. The minimum absolute atomic E-state index is 0.117. The Hall–Kier alpha value is -1.00. The van der Waals surface area contributed by atoms with Crippen LogP contribution in [0.25, 0.3) is 0 Å². The van der Waals surface area contributed by atoms with E-state index >= 15 is 0 Å². The summed E-state index contributed by atoms with van der Waals surface area (Å²) in [6.07, 6.45) is 1.23. The van der Waals surface area contributed by atoms with Crippen LogP contribution < -0.4 is 5.32 Å². The van der Waals surface area contributed by atoms with Gasteiger partial charge in [0.1, 0.15) is 5.82 Å². The molecule has 1 atom stereocenters. The number of aromatic nitrogens is 1. The van der Waals surface area contributed by atoms with Crippen molar-refractivity contribution in [1.82, 2.24) is 10.3 Å². The minimum Gasteiger partial charge on any atom is -0.380 e. The highest BCUT2D eigenvalue weighted by molar-refractivity contribution is 5.08. The SMILES string of the molecule is CCOCCNC(C)c1ccc(F)cn1. The Morgan fingerprint density at radius 2 is 2.33 bits per heavy atom. The first-order valence-electron chi connectivity index (χ1n) is 5.16. The highest BCUT2D eigenvalue weighted by Gasteiger charge is 2.05. The van der Waals surface area contributed by atoms with Gasteiger partial charge >= 0.3 is 0 Å². The Bertz CT molecular complexity index is 276. The predicted molar refractivity (Wildman–Crippen MR) is 57.1 cm³/mol. The summed E-state index contributed by atoms with van der Waals surface area (Å²) in [5.41, 5.74) is 0.841. The molecule has 0 radical (unpaired) electrons. The van der Waals surface area contributed by atoms with Crippen LogP contribution in [0.5, 0.6) is 0 Å². The number of halogens is 1. The van der Waals surface area contributed by atoms with Crippen LogP contribution >= 0.6 is 0 Å². The zero-order valence-electron chi connectivity index (χ0n) is 9.16. The van der Waals surface area contributed by atoms with Gasteiger partial charge in [0, 0.05) is 19.2 Å². The van der Waals surface area contributed by atoms with E-state index in [9.17, 15) is 4.39 Å². The lowest BCUT2D eigenvalue weighted by molar-refractivity contribution is 0.147. The summed E-state index contributed by atoms with van der Waals surface area (Å²) in [4.78, 5) is 4.00. The third kappa shape index (κ3) is 4.36. The first kappa shape index (κ1) is 12.1. The van der Waals surface area contributed by atoms with Crippen LogP contribution in [-0.4, -0.2) is 24.7 Å². The molecular weight excluding hydrogens is 195 g/mol. The number of ether oxygens (including phenoxy) is 1. The van der Waals surface area contributed by atoms with Gasteiger partial charge in [0.2, 0.25) is 0 Å². The summed E-state index contributed by atoms with van der Waals surface area (Å²) in [6.45, 7) is 6.14. The van der Waals surface area contributed by atoms with Crippen LogP contribution in [0.1, 0.15) is 25.6 Å². The lowest BCUT2D eigenvalue weighted by Gasteiger charge is -2.12. The summed E-state index contributed by atoms with van der Waals surface area (Å²) in [7, 11) is 0. The normalized spacial score (nSPS) is 12.7. The Balaban J connectivity index is 2.33. The van der Waals surface area contributed by atoms with E-state index < -0.39 is 0 Å². The highest BCUT2D eigenvalue weighted by atomic mass is 19.1. The van der Waals surface area contributed by atoms with E-state index in [-0.39, 0.29) is 11.9 Å². The summed E-state index contributed by atoms with van der Waals surface area (Å²) in [5, 5.41) is 3.24.